The van der Waals surface area contributed by atoms with Crippen LogP contribution in [0.1, 0.15) is 21.9 Å². The van der Waals surface area contributed by atoms with Gasteiger partial charge in [-0.2, -0.15) is 0 Å². The lowest BCUT2D eigenvalue weighted by atomic mass is 10.2. The number of benzene rings is 1. The molecule has 1 aromatic heterocycles. The summed E-state index contributed by atoms with van der Waals surface area (Å²) in [6.07, 6.45) is 0. The molecule has 1 aromatic carbocycles. The lowest BCUT2D eigenvalue weighted by Crippen LogP contribution is -2.10. The summed E-state index contributed by atoms with van der Waals surface area (Å²) in [7, 11) is 1.80. The Morgan fingerprint density at radius 2 is 2.00 bits per heavy atom. The fraction of sp³-hybridized carbons (Fsp3) is 0.214. The molecule has 1 heterocycles. The quantitative estimate of drug-likeness (QED) is 0.861. The molecule has 0 aliphatic heterocycles. The maximum absolute atomic E-state index is 11.0. The zero-order chi connectivity index (χ0) is 14.5. The smallest absolute Gasteiger partial charge is 0.248 e. The highest BCUT2D eigenvalue weighted by Crippen LogP contribution is 2.14. The molecule has 0 unspecified atom stereocenters. The summed E-state index contributed by atoms with van der Waals surface area (Å²) in [5, 5.41) is 2.97. The molecule has 104 valence electrons. The van der Waals surface area contributed by atoms with Crippen molar-refractivity contribution in [3.05, 3.63) is 47.4 Å². The van der Waals surface area contributed by atoms with Crippen LogP contribution in [0.2, 0.25) is 0 Å². The Morgan fingerprint density at radius 1 is 1.30 bits per heavy atom. The topological polar surface area (TPSA) is 90.1 Å². The largest absolute Gasteiger partial charge is 0.486 e. The number of rotatable bonds is 5. The predicted octanol–water partition coefficient (Wildman–Crippen LogP) is 1.50. The van der Waals surface area contributed by atoms with Crippen molar-refractivity contribution in [2.24, 2.45) is 5.73 Å². The number of nitrogens with zero attached hydrogens (tertiary/aromatic N) is 2. The van der Waals surface area contributed by atoms with Gasteiger partial charge >= 0.3 is 0 Å². The molecule has 0 aliphatic rings. The van der Waals surface area contributed by atoms with Crippen molar-refractivity contribution < 1.29 is 9.53 Å². The number of primary amides is 1. The van der Waals surface area contributed by atoms with Gasteiger partial charge in [0.25, 0.3) is 0 Å². The van der Waals surface area contributed by atoms with Gasteiger partial charge in [0, 0.05) is 24.4 Å². The van der Waals surface area contributed by atoms with Crippen LogP contribution in [0.5, 0.6) is 5.75 Å². The third kappa shape index (κ3) is 3.44. The van der Waals surface area contributed by atoms with Crippen molar-refractivity contribution in [2.75, 3.05) is 12.4 Å². The van der Waals surface area contributed by atoms with Crippen LogP contribution in [0.3, 0.4) is 0 Å². The van der Waals surface area contributed by atoms with Crippen LogP contribution >= 0.6 is 0 Å². The summed E-state index contributed by atoms with van der Waals surface area (Å²) in [5.41, 5.74) is 6.48. The number of aryl methyl sites for hydroxylation is 1. The average molecular weight is 272 g/mol. The van der Waals surface area contributed by atoms with Gasteiger partial charge in [0.05, 0.1) is 0 Å². The van der Waals surface area contributed by atoms with Crippen LogP contribution in [-0.4, -0.2) is 22.9 Å². The molecule has 0 aliphatic carbocycles. The summed E-state index contributed by atoms with van der Waals surface area (Å²) in [6.45, 7) is 2.15. The van der Waals surface area contributed by atoms with Gasteiger partial charge in [-0.1, -0.05) is 0 Å². The Morgan fingerprint density at radius 3 is 2.60 bits per heavy atom. The van der Waals surface area contributed by atoms with E-state index in [1.807, 2.05) is 13.0 Å². The van der Waals surface area contributed by atoms with E-state index in [1.54, 1.807) is 31.3 Å². The number of hydrogen-bond donors (Lipinski definition) is 2. The van der Waals surface area contributed by atoms with E-state index in [1.165, 1.54) is 0 Å². The van der Waals surface area contributed by atoms with Crippen molar-refractivity contribution in [3.63, 3.8) is 0 Å². The first-order valence-electron chi connectivity index (χ1n) is 6.13. The summed E-state index contributed by atoms with van der Waals surface area (Å²) in [5.74, 6) is 1.51. The van der Waals surface area contributed by atoms with E-state index in [2.05, 4.69) is 15.3 Å². The Labute approximate surface area is 117 Å². The van der Waals surface area contributed by atoms with Crippen LogP contribution in [0, 0.1) is 6.92 Å². The zero-order valence-corrected chi connectivity index (χ0v) is 11.4. The molecule has 0 fully saturated rings. The Balaban J connectivity index is 2.04. The number of hydrogen-bond acceptors (Lipinski definition) is 5. The van der Waals surface area contributed by atoms with Crippen molar-refractivity contribution in [1.29, 1.82) is 0 Å². The molecule has 0 radical (unpaired) electrons. The number of nitrogens with one attached hydrogen (secondary N) is 1. The number of ether oxygens (including phenoxy) is 1. The second-order valence-corrected chi connectivity index (χ2v) is 4.24. The second kappa shape index (κ2) is 6.01. The van der Waals surface area contributed by atoms with Crippen molar-refractivity contribution in [1.82, 2.24) is 9.97 Å². The minimum atomic E-state index is -0.461. The fourth-order valence-corrected chi connectivity index (χ4v) is 1.69. The molecule has 3 N–H and O–H groups in total. The summed E-state index contributed by atoms with van der Waals surface area (Å²) < 4.78 is 5.58. The van der Waals surface area contributed by atoms with Gasteiger partial charge in [-0.3, -0.25) is 4.79 Å². The molecule has 0 bridgehead atoms. The van der Waals surface area contributed by atoms with E-state index in [4.69, 9.17) is 10.5 Å². The molecule has 1 amide bonds. The van der Waals surface area contributed by atoms with Gasteiger partial charge in [-0.05, 0) is 31.2 Å². The average Bonchev–Trinajstić information content (AvgIpc) is 2.45. The summed E-state index contributed by atoms with van der Waals surface area (Å²) in [6, 6.07) is 8.47. The lowest BCUT2D eigenvalue weighted by Gasteiger charge is -2.08. The first-order valence-corrected chi connectivity index (χ1v) is 6.13. The van der Waals surface area contributed by atoms with Gasteiger partial charge in [-0.15, -0.1) is 0 Å². The van der Waals surface area contributed by atoms with Crippen molar-refractivity contribution in [2.45, 2.75) is 13.5 Å². The number of carbonyl (C=O) groups is 1. The monoisotopic (exact) mass is 272 g/mol. The van der Waals surface area contributed by atoms with Gasteiger partial charge in [0.1, 0.15) is 18.2 Å². The van der Waals surface area contributed by atoms with E-state index in [-0.39, 0.29) is 6.61 Å². The molecule has 0 atom stereocenters. The highest BCUT2D eigenvalue weighted by Gasteiger charge is 2.04. The van der Waals surface area contributed by atoms with E-state index >= 15 is 0 Å². The minimum Gasteiger partial charge on any atom is -0.486 e. The second-order valence-electron chi connectivity index (χ2n) is 4.24. The lowest BCUT2D eigenvalue weighted by molar-refractivity contribution is 0.1000. The highest BCUT2D eigenvalue weighted by atomic mass is 16.5. The number of aromatic nitrogens is 2. The van der Waals surface area contributed by atoms with Crippen molar-refractivity contribution in [3.8, 4) is 5.75 Å². The van der Waals surface area contributed by atoms with E-state index < -0.39 is 5.91 Å². The highest BCUT2D eigenvalue weighted by molar-refractivity contribution is 5.92. The minimum absolute atomic E-state index is 0.256. The maximum Gasteiger partial charge on any atom is 0.248 e. The Hall–Kier alpha value is -2.63. The molecule has 2 aromatic rings. The van der Waals surface area contributed by atoms with Crippen LogP contribution in [0.4, 0.5) is 5.82 Å². The van der Waals surface area contributed by atoms with Crippen LogP contribution in [0.15, 0.2) is 30.3 Å². The number of carbonyl (C=O) groups excluding carboxylic acids is 1. The predicted molar refractivity (Wildman–Crippen MR) is 75.6 cm³/mol. The van der Waals surface area contributed by atoms with E-state index in [0.717, 1.165) is 11.5 Å². The first kappa shape index (κ1) is 13.8. The third-order valence-corrected chi connectivity index (χ3v) is 2.66. The molecule has 2 rings (SSSR count). The molecule has 0 saturated heterocycles. The van der Waals surface area contributed by atoms with E-state index in [0.29, 0.717) is 17.1 Å². The van der Waals surface area contributed by atoms with Crippen LogP contribution < -0.4 is 15.8 Å². The molecule has 6 nitrogen and oxygen atoms in total. The Kier molecular flexibility index (Phi) is 4.14. The van der Waals surface area contributed by atoms with Crippen LogP contribution in [-0.2, 0) is 6.61 Å². The standard InChI is InChI=1S/C14H16N4O2/c1-9-7-12(16-2)18-13(17-9)8-20-11-5-3-10(4-6-11)14(15)19/h3-7H,8H2,1-2H3,(H2,15,19)(H,16,17,18). The first-order chi connectivity index (χ1) is 9.58. The Bertz CT molecular complexity index is 611. The summed E-state index contributed by atoms with van der Waals surface area (Å²) in [4.78, 5) is 19.5. The van der Waals surface area contributed by atoms with Gasteiger partial charge < -0.3 is 15.8 Å². The molecule has 0 spiro atoms. The van der Waals surface area contributed by atoms with Gasteiger partial charge in [0.2, 0.25) is 5.91 Å². The van der Waals surface area contributed by atoms with Gasteiger partial charge in [0.15, 0.2) is 5.82 Å². The van der Waals surface area contributed by atoms with E-state index in [9.17, 15) is 4.79 Å². The summed E-state index contributed by atoms with van der Waals surface area (Å²) >= 11 is 0. The fourth-order valence-electron chi connectivity index (χ4n) is 1.69. The maximum atomic E-state index is 11.0. The molecule has 0 saturated carbocycles. The normalized spacial score (nSPS) is 10.1. The zero-order valence-electron chi connectivity index (χ0n) is 11.4. The molecule has 20 heavy (non-hydrogen) atoms. The molecular weight excluding hydrogens is 256 g/mol. The molecular formula is C14H16N4O2. The number of nitrogens with two attached hydrogens (primary N) is 1. The SMILES string of the molecule is CNc1cc(C)nc(COc2ccc(C(N)=O)cc2)n1. The third-order valence-electron chi connectivity index (χ3n) is 2.66. The number of amides is 1. The van der Waals surface area contributed by atoms with Gasteiger partial charge in [-0.25, -0.2) is 9.97 Å². The van der Waals surface area contributed by atoms with Crippen molar-refractivity contribution >= 4 is 11.7 Å². The molecule has 6 heteroatoms. The number of anilines is 1. The van der Waals surface area contributed by atoms with Crippen LogP contribution in [0.25, 0.3) is 0 Å².